The van der Waals surface area contributed by atoms with Crippen molar-refractivity contribution in [3.63, 3.8) is 0 Å². The molecule has 2 fully saturated rings. The number of carbonyl (C=O) groups is 1. The Labute approximate surface area is 89.8 Å². The van der Waals surface area contributed by atoms with Gasteiger partial charge in [0.1, 0.15) is 0 Å². The summed E-state index contributed by atoms with van der Waals surface area (Å²) in [7, 11) is 0. The number of aliphatic carboxylic acids is 1. The highest BCUT2D eigenvalue weighted by Crippen LogP contribution is 2.50. The molecule has 0 amide bonds. The van der Waals surface area contributed by atoms with Gasteiger partial charge in [0, 0.05) is 6.42 Å². The first kappa shape index (κ1) is 10.5. The Bertz CT molecular complexity index is 304. The summed E-state index contributed by atoms with van der Waals surface area (Å²) >= 11 is 0. The minimum absolute atomic E-state index is 0.0715. The number of carboxylic acids is 1. The summed E-state index contributed by atoms with van der Waals surface area (Å²) in [6, 6.07) is 0. The molecule has 0 aliphatic carbocycles. The number of rotatable bonds is 4. The maximum absolute atomic E-state index is 11.4. The molecule has 3 unspecified atom stereocenters. The molecule has 0 aromatic carbocycles. The molecule has 2 aliphatic heterocycles. The van der Waals surface area contributed by atoms with Gasteiger partial charge in [0.15, 0.2) is 0 Å². The second-order valence-electron chi connectivity index (χ2n) is 4.55. The zero-order valence-corrected chi connectivity index (χ0v) is 8.74. The van der Waals surface area contributed by atoms with E-state index in [9.17, 15) is 9.90 Å². The van der Waals surface area contributed by atoms with E-state index in [0.717, 1.165) is 19.3 Å². The summed E-state index contributed by atoms with van der Waals surface area (Å²) in [6.07, 6.45) is 9.99. The molecule has 2 heterocycles. The minimum Gasteiger partial charge on any atom is -0.481 e. The molecule has 0 radical (unpaired) electrons. The highest BCUT2D eigenvalue weighted by Gasteiger charge is 2.56. The Hall–Kier alpha value is -1.01. The number of ether oxygens (including phenoxy) is 1. The van der Waals surface area contributed by atoms with Crippen LogP contribution < -0.4 is 0 Å². The zero-order valence-electron chi connectivity index (χ0n) is 8.74. The van der Waals surface area contributed by atoms with Gasteiger partial charge in [-0.2, -0.15) is 0 Å². The summed E-state index contributed by atoms with van der Waals surface area (Å²) in [6.45, 7) is 0. The summed E-state index contributed by atoms with van der Waals surface area (Å²) in [5.74, 6) is 1.86. The Kier molecular flexibility index (Phi) is 2.70. The van der Waals surface area contributed by atoms with Gasteiger partial charge in [0.05, 0.1) is 17.6 Å². The molecule has 1 N–H and O–H groups in total. The van der Waals surface area contributed by atoms with Crippen molar-refractivity contribution in [2.24, 2.45) is 5.41 Å². The van der Waals surface area contributed by atoms with E-state index in [1.165, 1.54) is 0 Å². The number of fused-ring (bicyclic) bond motifs is 2. The van der Waals surface area contributed by atoms with Crippen molar-refractivity contribution >= 4 is 5.97 Å². The van der Waals surface area contributed by atoms with Crippen molar-refractivity contribution in [3.8, 4) is 12.3 Å². The van der Waals surface area contributed by atoms with Crippen LogP contribution in [0, 0.1) is 17.8 Å². The molecule has 0 aromatic heterocycles. The number of carboxylic acid groups (broad SMARTS) is 1. The number of hydrogen-bond donors (Lipinski definition) is 1. The molecule has 0 saturated carbocycles. The van der Waals surface area contributed by atoms with Crippen molar-refractivity contribution in [2.45, 2.75) is 50.7 Å². The Morgan fingerprint density at radius 2 is 2.40 bits per heavy atom. The molecule has 3 heteroatoms. The van der Waals surface area contributed by atoms with Crippen molar-refractivity contribution in [1.82, 2.24) is 0 Å². The molecule has 3 atom stereocenters. The third-order valence-electron chi connectivity index (χ3n) is 3.69. The molecule has 3 nitrogen and oxygen atoms in total. The molecule has 15 heavy (non-hydrogen) atoms. The molecule has 0 spiro atoms. The van der Waals surface area contributed by atoms with E-state index < -0.39 is 11.4 Å². The molecule has 2 saturated heterocycles. The number of terminal acetylenes is 1. The molecular weight excluding hydrogens is 192 g/mol. The van der Waals surface area contributed by atoms with Crippen LogP contribution in [0.2, 0.25) is 0 Å². The van der Waals surface area contributed by atoms with Crippen LogP contribution in [0.4, 0.5) is 0 Å². The topological polar surface area (TPSA) is 46.5 Å². The van der Waals surface area contributed by atoms with Gasteiger partial charge in [-0.25, -0.2) is 0 Å². The van der Waals surface area contributed by atoms with E-state index in [2.05, 4.69) is 5.92 Å². The first-order valence-corrected chi connectivity index (χ1v) is 5.51. The van der Waals surface area contributed by atoms with Gasteiger partial charge in [0.2, 0.25) is 0 Å². The van der Waals surface area contributed by atoms with Crippen molar-refractivity contribution in [1.29, 1.82) is 0 Å². The highest BCUT2D eigenvalue weighted by molar-refractivity contribution is 5.76. The van der Waals surface area contributed by atoms with Crippen LogP contribution in [-0.2, 0) is 9.53 Å². The summed E-state index contributed by atoms with van der Waals surface area (Å²) in [4.78, 5) is 11.4. The standard InChI is InChI=1S/C12H16O3/c1-2-3-4-7-12(11(13)14)8-9-5-6-10(12)15-9/h1,9-10H,3-8H2,(H,13,14). The van der Waals surface area contributed by atoms with E-state index in [1.54, 1.807) is 0 Å². The SMILES string of the molecule is C#CCCCC1(C(=O)O)CC2CCC1O2. The average molecular weight is 208 g/mol. The van der Waals surface area contributed by atoms with Gasteiger partial charge in [-0.3, -0.25) is 4.79 Å². The highest BCUT2D eigenvalue weighted by atomic mass is 16.5. The van der Waals surface area contributed by atoms with Gasteiger partial charge in [-0.1, -0.05) is 0 Å². The lowest BCUT2D eigenvalue weighted by Crippen LogP contribution is -2.40. The molecule has 2 bridgehead atoms. The number of unbranched alkanes of at least 4 members (excludes halogenated alkanes) is 1. The van der Waals surface area contributed by atoms with E-state index in [4.69, 9.17) is 11.2 Å². The van der Waals surface area contributed by atoms with Gasteiger partial charge in [-0.15, -0.1) is 12.3 Å². The molecule has 2 aliphatic rings. The third-order valence-corrected chi connectivity index (χ3v) is 3.69. The molecular formula is C12H16O3. The van der Waals surface area contributed by atoms with Crippen LogP contribution in [0.1, 0.15) is 38.5 Å². The van der Waals surface area contributed by atoms with Crippen molar-refractivity contribution < 1.29 is 14.6 Å². The van der Waals surface area contributed by atoms with Crippen LogP contribution >= 0.6 is 0 Å². The van der Waals surface area contributed by atoms with Gasteiger partial charge in [0.25, 0.3) is 0 Å². The lowest BCUT2D eigenvalue weighted by Gasteiger charge is -2.30. The quantitative estimate of drug-likeness (QED) is 0.566. The van der Waals surface area contributed by atoms with Gasteiger partial charge in [-0.05, 0) is 32.1 Å². The first-order valence-electron chi connectivity index (χ1n) is 5.51. The second-order valence-corrected chi connectivity index (χ2v) is 4.55. The van der Waals surface area contributed by atoms with Crippen molar-refractivity contribution in [3.05, 3.63) is 0 Å². The fourth-order valence-corrected chi connectivity index (χ4v) is 2.90. The largest absolute Gasteiger partial charge is 0.481 e. The maximum Gasteiger partial charge on any atom is 0.312 e. The van der Waals surface area contributed by atoms with Crippen LogP contribution in [0.5, 0.6) is 0 Å². The normalized spacial score (nSPS) is 37.8. The Morgan fingerprint density at radius 1 is 1.60 bits per heavy atom. The lowest BCUT2D eigenvalue weighted by molar-refractivity contribution is -0.153. The minimum atomic E-state index is -0.702. The van der Waals surface area contributed by atoms with E-state index in [0.29, 0.717) is 19.3 Å². The van der Waals surface area contributed by atoms with Crippen LogP contribution in [0.15, 0.2) is 0 Å². The summed E-state index contributed by atoms with van der Waals surface area (Å²) in [5.41, 5.74) is -0.639. The Morgan fingerprint density at radius 3 is 2.87 bits per heavy atom. The molecule has 0 aromatic rings. The molecule has 82 valence electrons. The fraction of sp³-hybridized carbons (Fsp3) is 0.750. The summed E-state index contributed by atoms with van der Waals surface area (Å²) in [5, 5.41) is 9.35. The van der Waals surface area contributed by atoms with E-state index in [-0.39, 0.29) is 12.2 Å². The van der Waals surface area contributed by atoms with Crippen molar-refractivity contribution in [2.75, 3.05) is 0 Å². The second kappa shape index (κ2) is 3.86. The van der Waals surface area contributed by atoms with Crippen LogP contribution in [0.3, 0.4) is 0 Å². The number of hydrogen-bond acceptors (Lipinski definition) is 2. The van der Waals surface area contributed by atoms with E-state index in [1.807, 2.05) is 0 Å². The summed E-state index contributed by atoms with van der Waals surface area (Å²) < 4.78 is 5.65. The average Bonchev–Trinajstić information content (AvgIpc) is 2.78. The van der Waals surface area contributed by atoms with Crippen LogP contribution in [-0.4, -0.2) is 23.3 Å². The Balaban J connectivity index is 2.06. The molecule has 2 rings (SSSR count). The monoisotopic (exact) mass is 208 g/mol. The maximum atomic E-state index is 11.4. The smallest absolute Gasteiger partial charge is 0.312 e. The van der Waals surface area contributed by atoms with Gasteiger partial charge >= 0.3 is 5.97 Å². The van der Waals surface area contributed by atoms with Crippen LogP contribution in [0.25, 0.3) is 0 Å². The first-order chi connectivity index (χ1) is 7.19. The van der Waals surface area contributed by atoms with Gasteiger partial charge < -0.3 is 9.84 Å². The predicted octanol–water partition coefficient (Wildman–Crippen LogP) is 1.81. The van der Waals surface area contributed by atoms with E-state index >= 15 is 0 Å². The third kappa shape index (κ3) is 1.63. The zero-order chi connectivity index (χ0) is 10.9. The fourth-order valence-electron chi connectivity index (χ4n) is 2.90. The predicted molar refractivity (Wildman–Crippen MR) is 55.3 cm³/mol. The lowest BCUT2D eigenvalue weighted by atomic mass is 9.71.